The summed E-state index contributed by atoms with van der Waals surface area (Å²) in [5.74, 6) is -3.02. The van der Waals surface area contributed by atoms with Crippen LogP contribution in [0.3, 0.4) is 0 Å². The molecule has 0 radical (unpaired) electrons. The van der Waals surface area contributed by atoms with Crippen molar-refractivity contribution >= 4 is 36.7 Å². The van der Waals surface area contributed by atoms with Crippen molar-refractivity contribution < 1.29 is 33.0 Å². The highest BCUT2D eigenvalue weighted by Gasteiger charge is 2.50. The Bertz CT molecular complexity index is 1010. The Hall–Kier alpha value is -3.17. The lowest BCUT2D eigenvalue weighted by Gasteiger charge is -2.43. The molecule has 0 spiro atoms. The van der Waals surface area contributed by atoms with Gasteiger partial charge in [0.25, 0.3) is 8.32 Å². The molecule has 1 N–H and O–H groups in total. The largest absolute Gasteiger partial charge is 0.468 e. The summed E-state index contributed by atoms with van der Waals surface area (Å²) in [7, 11) is -0.512. The van der Waals surface area contributed by atoms with Crippen LogP contribution in [0.15, 0.2) is 60.7 Å². The third kappa shape index (κ3) is 7.67. The van der Waals surface area contributed by atoms with Gasteiger partial charge in [-0.3, -0.25) is 9.59 Å². The molecule has 0 saturated heterocycles. The molecule has 2 aromatic carbocycles. The van der Waals surface area contributed by atoms with E-state index in [2.05, 4.69) is 50.4 Å². The molecule has 0 saturated carbocycles. The Morgan fingerprint density at radius 3 is 1.61 bits per heavy atom. The first kappa shape index (κ1) is 31.0. The van der Waals surface area contributed by atoms with Gasteiger partial charge in [-0.2, -0.15) is 0 Å². The zero-order valence-electron chi connectivity index (χ0n) is 23.7. The van der Waals surface area contributed by atoms with Crippen molar-refractivity contribution in [3.05, 3.63) is 60.7 Å². The number of ether oxygens (including phenoxy) is 3. The summed E-state index contributed by atoms with van der Waals surface area (Å²) in [4.78, 5) is 38.0. The number of carbonyl (C=O) groups is 3. The number of methoxy groups -OCH3 is 2. The summed E-state index contributed by atoms with van der Waals surface area (Å²) < 4.78 is 22.0. The molecule has 0 aliphatic carbocycles. The van der Waals surface area contributed by atoms with Crippen LogP contribution in [0.25, 0.3) is 0 Å². The van der Waals surface area contributed by atoms with Crippen LogP contribution in [0.5, 0.6) is 0 Å². The van der Waals surface area contributed by atoms with Crippen molar-refractivity contribution in [2.75, 3.05) is 20.8 Å². The number of benzene rings is 2. The fourth-order valence-corrected chi connectivity index (χ4v) is 9.14. The summed E-state index contributed by atoms with van der Waals surface area (Å²) in [6.45, 7) is 11.8. The minimum absolute atomic E-state index is 0.138. The molecule has 0 fully saturated rings. The van der Waals surface area contributed by atoms with Crippen molar-refractivity contribution in [3.8, 4) is 0 Å². The summed E-state index contributed by atoms with van der Waals surface area (Å²) in [6.07, 6.45) is -0.621. The summed E-state index contributed by atoms with van der Waals surface area (Å²) in [5, 5.41) is 4.59. The molecule has 38 heavy (non-hydrogen) atoms. The molecule has 2 aromatic rings. The lowest BCUT2D eigenvalue weighted by molar-refractivity contribution is -0.160. The molecule has 0 aliphatic rings. The van der Waals surface area contributed by atoms with Gasteiger partial charge in [-0.25, -0.2) is 4.79 Å². The van der Waals surface area contributed by atoms with E-state index in [4.69, 9.17) is 18.6 Å². The molecule has 1 amide bonds. The molecule has 9 heteroatoms. The predicted octanol–water partition coefficient (Wildman–Crippen LogP) is 3.81. The van der Waals surface area contributed by atoms with Gasteiger partial charge >= 0.3 is 18.0 Å². The van der Waals surface area contributed by atoms with Gasteiger partial charge in [0.15, 0.2) is 5.92 Å². The minimum Gasteiger partial charge on any atom is -0.468 e. The molecule has 208 valence electrons. The lowest BCUT2D eigenvalue weighted by atomic mass is 9.97. The first-order valence-electron chi connectivity index (χ1n) is 12.7. The van der Waals surface area contributed by atoms with Gasteiger partial charge in [0, 0.05) is 6.61 Å². The fraction of sp³-hybridized carbons (Fsp3) is 0.483. The number of nitrogens with one attached hydrogen (secondary N) is 1. The zero-order valence-corrected chi connectivity index (χ0v) is 24.7. The number of esters is 2. The molecule has 1 atom stereocenters. The summed E-state index contributed by atoms with van der Waals surface area (Å²) >= 11 is 0. The normalized spacial score (nSPS) is 13.0. The maximum atomic E-state index is 12.7. The highest BCUT2D eigenvalue weighted by Crippen LogP contribution is 2.37. The topological polar surface area (TPSA) is 100 Å². The Kier molecular flexibility index (Phi) is 10.7. The molecule has 0 aliphatic heterocycles. The van der Waals surface area contributed by atoms with Crippen LogP contribution in [-0.2, 0) is 28.2 Å². The quantitative estimate of drug-likeness (QED) is 0.211. The van der Waals surface area contributed by atoms with Crippen molar-refractivity contribution in [2.45, 2.75) is 64.6 Å². The highest BCUT2D eigenvalue weighted by molar-refractivity contribution is 6.99. The van der Waals surface area contributed by atoms with E-state index in [0.29, 0.717) is 0 Å². The van der Waals surface area contributed by atoms with Crippen LogP contribution < -0.4 is 15.7 Å². The lowest BCUT2D eigenvalue weighted by Crippen LogP contribution is -2.66. The second-order valence-electron chi connectivity index (χ2n) is 11.1. The first-order valence-corrected chi connectivity index (χ1v) is 14.6. The molecule has 0 bridgehead atoms. The van der Waals surface area contributed by atoms with Gasteiger partial charge in [0.05, 0.1) is 20.3 Å². The van der Waals surface area contributed by atoms with Crippen molar-refractivity contribution in [1.29, 1.82) is 0 Å². The standard InChI is InChI=1S/C29H41NO7Si/c1-28(2,3)37-27(33)30-23(24(25(31)34-7)26(32)35-8)19-20-36-38(29(4,5)6,21-15-11-9-12-16-21)22-17-13-10-14-18-22/h9-18,23-24H,19-20H2,1-8H3,(H,30,33)/t23-/m1/s1. The van der Waals surface area contributed by atoms with E-state index in [0.717, 1.165) is 10.4 Å². The molecular weight excluding hydrogens is 502 g/mol. The maximum absolute atomic E-state index is 12.7. The predicted molar refractivity (Wildman–Crippen MR) is 149 cm³/mol. The van der Waals surface area contributed by atoms with Gasteiger partial charge in [-0.15, -0.1) is 0 Å². The van der Waals surface area contributed by atoms with Crippen molar-refractivity contribution in [2.24, 2.45) is 5.92 Å². The van der Waals surface area contributed by atoms with E-state index in [1.54, 1.807) is 20.8 Å². The highest BCUT2D eigenvalue weighted by atomic mass is 28.4. The van der Waals surface area contributed by atoms with Crippen LogP contribution >= 0.6 is 0 Å². The third-order valence-corrected chi connectivity index (χ3v) is 11.2. The van der Waals surface area contributed by atoms with Crippen molar-refractivity contribution in [1.82, 2.24) is 5.32 Å². The SMILES string of the molecule is COC(=O)C(C(=O)OC)[C@@H](CCO[Si](c1ccccc1)(c1ccccc1)C(C)(C)C)NC(=O)OC(C)(C)C. The molecule has 2 rings (SSSR count). The van der Waals surface area contributed by atoms with Crippen LogP contribution in [-0.4, -0.2) is 58.8 Å². The zero-order chi connectivity index (χ0) is 28.6. The molecule has 0 unspecified atom stereocenters. The van der Waals surface area contributed by atoms with Gasteiger partial charge < -0.3 is 24.0 Å². The summed E-state index contributed by atoms with van der Waals surface area (Å²) in [5.41, 5.74) is -0.772. The maximum Gasteiger partial charge on any atom is 0.407 e. The van der Waals surface area contributed by atoms with E-state index in [1.807, 2.05) is 36.4 Å². The van der Waals surface area contributed by atoms with E-state index >= 15 is 0 Å². The van der Waals surface area contributed by atoms with E-state index in [1.165, 1.54) is 14.2 Å². The number of rotatable bonds is 10. The molecule has 8 nitrogen and oxygen atoms in total. The average Bonchev–Trinajstić information content (AvgIpc) is 2.85. The molecule has 0 heterocycles. The number of alkyl carbamates (subject to hydrolysis) is 1. The average molecular weight is 544 g/mol. The smallest absolute Gasteiger partial charge is 0.407 e. The third-order valence-electron chi connectivity index (χ3n) is 6.18. The van der Waals surface area contributed by atoms with E-state index < -0.39 is 43.9 Å². The Morgan fingerprint density at radius 2 is 1.24 bits per heavy atom. The minimum atomic E-state index is -2.88. The number of hydrogen-bond acceptors (Lipinski definition) is 7. The molecular formula is C29H41NO7Si. The van der Waals surface area contributed by atoms with Crippen molar-refractivity contribution in [3.63, 3.8) is 0 Å². The Balaban J connectivity index is 2.48. The first-order chi connectivity index (χ1) is 17.8. The molecule has 0 aromatic heterocycles. The number of carbonyl (C=O) groups excluding carboxylic acids is 3. The monoisotopic (exact) mass is 543 g/mol. The van der Waals surface area contributed by atoms with E-state index in [-0.39, 0.29) is 18.1 Å². The van der Waals surface area contributed by atoms with Crippen LogP contribution in [0.2, 0.25) is 5.04 Å². The second-order valence-corrected chi connectivity index (χ2v) is 15.4. The second kappa shape index (κ2) is 13.1. The van der Waals surface area contributed by atoms with Gasteiger partial charge in [0.1, 0.15) is 5.60 Å². The number of hydrogen-bond donors (Lipinski definition) is 1. The number of amides is 1. The summed E-state index contributed by atoms with van der Waals surface area (Å²) in [6, 6.07) is 19.2. The van der Waals surface area contributed by atoms with Crippen LogP contribution in [0.1, 0.15) is 48.0 Å². The van der Waals surface area contributed by atoms with Gasteiger partial charge in [-0.1, -0.05) is 81.4 Å². The van der Waals surface area contributed by atoms with Crippen LogP contribution in [0, 0.1) is 5.92 Å². The fourth-order valence-electron chi connectivity index (χ4n) is 4.56. The van der Waals surface area contributed by atoms with Crippen LogP contribution in [0.4, 0.5) is 4.79 Å². The van der Waals surface area contributed by atoms with Gasteiger partial charge in [0.2, 0.25) is 0 Å². The Labute approximate surface area is 227 Å². The Morgan fingerprint density at radius 1 is 0.789 bits per heavy atom. The van der Waals surface area contributed by atoms with E-state index in [9.17, 15) is 14.4 Å². The van der Waals surface area contributed by atoms with Gasteiger partial charge in [-0.05, 0) is 42.6 Å².